The van der Waals surface area contributed by atoms with E-state index in [9.17, 15) is 4.79 Å². The molecule has 0 atom stereocenters. The third-order valence-electron chi connectivity index (χ3n) is 5.37. The molecule has 140 valence electrons. The van der Waals surface area contributed by atoms with E-state index in [-0.39, 0.29) is 12.1 Å². The molecule has 0 unspecified atom stereocenters. The van der Waals surface area contributed by atoms with Gasteiger partial charge in [-0.25, -0.2) is 19.5 Å². The molecule has 0 bridgehead atoms. The van der Waals surface area contributed by atoms with Crippen molar-refractivity contribution in [2.24, 2.45) is 7.05 Å². The van der Waals surface area contributed by atoms with Gasteiger partial charge in [0.1, 0.15) is 11.2 Å². The molecule has 28 heavy (non-hydrogen) atoms. The topological polar surface area (TPSA) is 95.8 Å². The second kappa shape index (κ2) is 5.68. The zero-order chi connectivity index (χ0) is 18.8. The van der Waals surface area contributed by atoms with Crippen LogP contribution in [0.25, 0.3) is 26.9 Å². The van der Waals surface area contributed by atoms with Crippen LogP contribution in [-0.2, 0) is 26.4 Å². The van der Waals surface area contributed by atoms with E-state index < -0.39 is 0 Å². The molecule has 10 heteroatoms. The molecule has 0 aliphatic heterocycles. The zero-order valence-electron chi connectivity index (χ0n) is 15.2. The Hall–Kier alpha value is -3.14. The third kappa shape index (κ3) is 2.18. The first-order valence-corrected chi connectivity index (χ1v) is 10.0. The molecule has 6 rings (SSSR count). The number of hydrogen-bond acceptors (Lipinski definition) is 7. The van der Waals surface area contributed by atoms with Gasteiger partial charge in [-0.15, -0.1) is 16.4 Å². The molecular weight excluding hydrogens is 376 g/mol. The van der Waals surface area contributed by atoms with Crippen molar-refractivity contribution in [3.05, 3.63) is 45.5 Å². The molecule has 5 aromatic heterocycles. The Morgan fingerprint density at radius 3 is 2.96 bits per heavy atom. The first kappa shape index (κ1) is 15.9. The summed E-state index contributed by atoms with van der Waals surface area (Å²) in [6, 6.07) is 0. The van der Waals surface area contributed by atoms with Crippen molar-refractivity contribution < 1.29 is 0 Å². The van der Waals surface area contributed by atoms with Gasteiger partial charge in [-0.1, -0.05) is 0 Å². The minimum absolute atomic E-state index is 0.00657. The van der Waals surface area contributed by atoms with Gasteiger partial charge in [0.15, 0.2) is 17.1 Å². The molecule has 0 spiro atoms. The monoisotopic (exact) mass is 392 g/mol. The third-order valence-corrected chi connectivity index (χ3v) is 6.57. The standard InChI is InChI=1S/C18H16N8OS/c1-24-15-11(6-21-24)16-22-13(23-26(16)9-19-15)7-25-8-20-17-14(18(25)27)10-4-2-3-5-12(10)28-17/h6,8-9H,2-5,7H2,1H3. The van der Waals surface area contributed by atoms with Gasteiger partial charge >= 0.3 is 0 Å². The summed E-state index contributed by atoms with van der Waals surface area (Å²) in [5, 5.41) is 10.3. The van der Waals surface area contributed by atoms with E-state index in [0.717, 1.165) is 40.5 Å². The van der Waals surface area contributed by atoms with Gasteiger partial charge in [0, 0.05) is 11.9 Å². The van der Waals surface area contributed by atoms with Crippen molar-refractivity contribution in [2.75, 3.05) is 0 Å². The molecule has 0 N–H and O–H groups in total. The largest absolute Gasteiger partial charge is 0.291 e. The van der Waals surface area contributed by atoms with Crippen LogP contribution in [0.15, 0.2) is 23.6 Å². The fourth-order valence-corrected chi connectivity index (χ4v) is 5.22. The molecule has 0 saturated carbocycles. The van der Waals surface area contributed by atoms with Crippen LogP contribution in [0.5, 0.6) is 0 Å². The van der Waals surface area contributed by atoms with Gasteiger partial charge in [-0.05, 0) is 31.2 Å². The van der Waals surface area contributed by atoms with Crippen LogP contribution in [0.4, 0.5) is 0 Å². The zero-order valence-corrected chi connectivity index (χ0v) is 16.0. The van der Waals surface area contributed by atoms with Crippen molar-refractivity contribution in [2.45, 2.75) is 32.2 Å². The van der Waals surface area contributed by atoms with E-state index in [2.05, 4.69) is 25.1 Å². The van der Waals surface area contributed by atoms with Crippen molar-refractivity contribution in [1.29, 1.82) is 0 Å². The molecule has 0 aromatic carbocycles. The van der Waals surface area contributed by atoms with Gasteiger partial charge < -0.3 is 0 Å². The summed E-state index contributed by atoms with van der Waals surface area (Å²) in [4.78, 5) is 28.8. The summed E-state index contributed by atoms with van der Waals surface area (Å²) in [5.41, 5.74) is 2.62. The van der Waals surface area contributed by atoms with E-state index >= 15 is 0 Å². The summed E-state index contributed by atoms with van der Waals surface area (Å²) in [5.74, 6) is 0.547. The maximum Gasteiger partial charge on any atom is 0.262 e. The lowest BCUT2D eigenvalue weighted by atomic mass is 9.97. The van der Waals surface area contributed by atoms with Crippen LogP contribution in [-0.4, -0.2) is 38.9 Å². The molecule has 5 aromatic rings. The number of thiophene rings is 1. The average molecular weight is 392 g/mol. The highest BCUT2D eigenvalue weighted by molar-refractivity contribution is 7.18. The maximum atomic E-state index is 13.1. The SMILES string of the molecule is Cn1ncc2c1ncn1nc(Cn3cnc4sc5c(c4c3=O)CCCC5)nc21. The van der Waals surface area contributed by atoms with Crippen molar-refractivity contribution in [1.82, 2.24) is 38.9 Å². The minimum Gasteiger partial charge on any atom is -0.291 e. The molecule has 1 aliphatic carbocycles. The lowest BCUT2D eigenvalue weighted by Crippen LogP contribution is -2.22. The average Bonchev–Trinajstić information content (AvgIpc) is 3.38. The molecule has 9 nitrogen and oxygen atoms in total. The van der Waals surface area contributed by atoms with Crippen LogP contribution < -0.4 is 5.56 Å². The van der Waals surface area contributed by atoms with Crippen molar-refractivity contribution in [3.8, 4) is 0 Å². The van der Waals surface area contributed by atoms with Gasteiger partial charge in [0.25, 0.3) is 5.56 Å². The number of rotatable bonds is 2. The van der Waals surface area contributed by atoms with E-state index in [1.54, 1.807) is 44.0 Å². The Bertz CT molecular complexity index is 1440. The Labute approximate surface area is 162 Å². The van der Waals surface area contributed by atoms with Crippen LogP contribution in [0.1, 0.15) is 29.1 Å². The molecule has 0 saturated heterocycles. The Kier molecular flexibility index (Phi) is 3.22. The Balaban J connectivity index is 1.47. The van der Waals surface area contributed by atoms with E-state index in [1.807, 2.05) is 7.05 Å². The molecule has 0 radical (unpaired) electrons. The minimum atomic E-state index is -0.00657. The number of hydrogen-bond donors (Lipinski definition) is 0. The quantitative estimate of drug-likeness (QED) is 0.454. The highest BCUT2D eigenvalue weighted by Gasteiger charge is 2.20. The summed E-state index contributed by atoms with van der Waals surface area (Å²) in [6.07, 6.45) is 9.30. The highest BCUT2D eigenvalue weighted by Crippen LogP contribution is 2.33. The summed E-state index contributed by atoms with van der Waals surface area (Å²) >= 11 is 1.66. The number of nitrogens with zero attached hydrogens (tertiary/aromatic N) is 8. The van der Waals surface area contributed by atoms with Crippen LogP contribution >= 0.6 is 11.3 Å². The summed E-state index contributed by atoms with van der Waals surface area (Å²) in [6.45, 7) is 0.274. The van der Waals surface area contributed by atoms with E-state index in [1.165, 1.54) is 16.9 Å². The first-order chi connectivity index (χ1) is 13.7. The first-order valence-electron chi connectivity index (χ1n) is 9.20. The number of aryl methyl sites for hydroxylation is 3. The van der Waals surface area contributed by atoms with E-state index in [0.29, 0.717) is 11.5 Å². The lowest BCUT2D eigenvalue weighted by molar-refractivity contribution is 0.690. The molecule has 0 amide bonds. The summed E-state index contributed by atoms with van der Waals surface area (Å²) in [7, 11) is 1.84. The Morgan fingerprint density at radius 1 is 1.14 bits per heavy atom. The number of fused-ring (bicyclic) bond motifs is 6. The smallest absolute Gasteiger partial charge is 0.262 e. The van der Waals surface area contributed by atoms with Crippen molar-refractivity contribution >= 4 is 38.2 Å². The highest BCUT2D eigenvalue weighted by atomic mass is 32.1. The molecule has 0 fully saturated rings. The van der Waals surface area contributed by atoms with Crippen molar-refractivity contribution in [3.63, 3.8) is 0 Å². The molecular formula is C18H16N8OS. The number of aromatic nitrogens is 8. The van der Waals surface area contributed by atoms with Crippen LogP contribution in [0.2, 0.25) is 0 Å². The normalized spacial score (nSPS) is 14.3. The predicted molar refractivity (Wildman–Crippen MR) is 105 cm³/mol. The van der Waals surface area contributed by atoms with Crippen LogP contribution in [0, 0.1) is 0 Å². The van der Waals surface area contributed by atoms with Crippen LogP contribution in [0.3, 0.4) is 0 Å². The van der Waals surface area contributed by atoms with Gasteiger partial charge in [0.2, 0.25) is 0 Å². The van der Waals surface area contributed by atoms with Gasteiger partial charge in [0.05, 0.1) is 29.8 Å². The maximum absolute atomic E-state index is 13.1. The molecule has 1 aliphatic rings. The Morgan fingerprint density at radius 2 is 2.04 bits per heavy atom. The fraction of sp³-hybridized carbons (Fsp3) is 0.333. The lowest BCUT2D eigenvalue weighted by Gasteiger charge is -2.10. The molecule has 5 heterocycles. The second-order valence-electron chi connectivity index (χ2n) is 7.11. The fourth-order valence-electron chi connectivity index (χ4n) is 4.00. The predicted octanol–water partition coefficient (Wildman–Crippen LogP) is 1.71. The van der Waals surface area contributed by atoms with Gasteiger partial charge in [-0.3, -0.25) is 14.0 Å². The summed E-state index contributed by atoms with van der Waals surface area (Å²) < 4.78 is 4.93. The van der Waals surface area contributed by atoms with Gasteiger partial charge in [-0.2, -0.15) is 5.10 Å². The van der Waals surface area contributed by atoms with E-state index in [4.69, 9.17) is 0 Å². The second-order valence-corrected chi connectivity index (χ2v) is 8.20.